The van der Waals surface area contributed by atoms with Crippen LogP contribution >= 0.6 is 15.9 Å². The quantitative estimate of drug-likeness (QED) is 0.364. The van der Waals surface area contributed by atoms with Crippen molar-refractivity contribution in [1.82, 2.24) is 5.32 Å². The molecule has 7 nitrogen and oxygen atoms in total. The average Bonchev–Trinajstić information content (AvgIpc) is 2.81. The summed E-state index contributed by atoms with van der Waals surface area (Å²) in [5, 5.41) is 2.23. The molecule has 1 fully saturated rings. The molecule has 0 bridgehead atoms. The minimum Gasteiger partial charge on any atom is -0.493 e. The van der Waals surface area contributed by atoms with Crippen molar-refractivity contribution >= 4 is 45.5 Å². The van der Waals surface area contributed by atoms with Crippen molar-refractivity contribution in [2.24, 2.45) is 0 Å². The Morgan fingerprint density at radius 1 is 0.971 bits per heavy atom. The van der Waals surface area contributed by atoms with Crippen molar-refractivity contribution in [3.05, 3.63) is 93.5 Å². The van der Waals surface area contributed by atoms with Crippen molar-refractivity contribution in [1.29, 1.82) is 0 Å². The van der Waals surface area contributed by atoms with E-state index in [0.717, 1.165) is 20.5 Å². The topological polar surface area (TPSA) is 84.9 Å². The monoisotopic (exact) mass is 520 g/mol. The Hall–Kier alpha value is -3.91. The van der Waals surface area contributed by atoms with Crippen LogP contribution in [0.4, 0.5) is 10.5 Å². The number of urea groups is 1. The minimum absolute atomic E-state index is 0.160. The number of nitrogens with one attached hydrogen (secondary N) is 1. The molecule has 1 N–H and O–H groups in total. The first kappa shape index (κ1) is 23.3. The van der Waals surface area contributed by atoms with Gasteiger partial charge in [0.05, 0.1) is 12.8 Å². The molecule has 0 unspecified atom stereocenters. The first-order valence-electron chi connectivity index (χ1n) is 10.4. The largest absolute Gasteiger partial charge is 0.493 e. The third-order valence-electron chi connectivity index (χ3n) is 5.17. The maximum absolute atomic E-state index is 13.1. The number of methoxy groups -OCH3 is 1. The van der Waals surface area contributed by atoms with Crippen LogP contribution in [0.5, 0.6) is 11.5 Å². The molecule has 34 heavy (non-hydrogen) atoms. The highest BCUT2D eigenvalue weighted by molar-refractivity contribution is 9.10. The van der Waals surface area contributed by atoms with E-state index in [4.69, 9.17) is 9.47 Å². The molecule has 1 heterocycles. The molecular weight excluding hydrogens is 500 g/mol. The summed E-state index contributed by atoms with van der Waals surface area (Å²) in [6, 6.07) is 19.0. The normalized spacial score (nSPS) is 14.9. The molecule has 1 aliphatic rings. The molecular formula is C26H21BrN2O5. The van der Waals surface area contributed by atoms with Crippen LogP contribution < -0.4 is 19.7 Å². The molecule has 8 heteroatoms. The Morgan fingerprint density at radius 2 is 1.74 bits per heavy atom. The van der Waals surface area contributed by atoms with Gasteiger partial charge in [-0.3, -0.25) is 14.9 Å². The van der Waals surface area contributed by atoms with E-state index in [-0.39, 0.29) is 5.57 Å². The Labute approximate surface area is 205 Å². The van der Waals surface area contributed by atoms with Gasteiger partial charge in [-0.05, 0) is 66.1 Å². The molecule has 1 saturated heterocycles. The van der Waals surface area contributed by atoms with E-state index in [0.29, 0.717) is 29.4 Å². The van der Waals surface area contributed by atoms with Crippen LogP contribution in [-0.4, -0.2) is 25.0 Å². The lowest BCUT2D eigenvalue weighted by molar-refractivity contribution is -0.122. The Bertz CT molecular complexity index is 1300. The van der Waals surface area contributed by atoms with Crippen molar-refractivity contribution in [3.63, 3.8) is 0 Å². The van der Waals surface area contributed by atoms with E-state index in [2.05, 4.69) is 21.2 Å². The molecule has 0 aliphatic carbocycles. The van der Waals surface area contributed by atoms with Crippen LogP contribution in [0, 0.1) is 6.92 Å². The number of anilines is 1. The van der Waals surface area contributed by atoms with Gasteiger partial charge in [0.25, 0.3) is 11.8 Å². The highest BCUT2D eigenvalue weighted by Gasteiger charge is 2.36. The van der Waals surface area contributed by atoms with Gasteiger partial charge >= 0.3 is 6.03 Å². The van der Waals surface area contributed by atoms with Crippen LogP contribution in [0.1, 0.15) is 16.7 Å². The van der Waals surface area contributed by atoms with Gasteiger partial charge < -0.3 is 9.47 Å². The van der Waals surface area contributed by atoms with Crippen LogP contribution in [0.25, 0.3) is 6.08 Å². The van der Waals surface area contributed by atoms with Crippen LogP contribution in [-0.2, 0) is 16.2 Å². The lowest BCUT2D eigenvalue weighted by Crippen LogP contribution is -2.54. The number of carbonyl (C=O) groups is 3. The zero-order chi connectivity index (χ0) is 24.2. The number of aryl methyl sites for hydroxylation is 1. The predicted octanol–water partition coefficient (Wildman–Crippen LogP) is 5.01. The molecule has 0 saturated carbocycles. The molecule has 4 amide bonds. The van der Waals surface area contributed by atoms with E-state index in [1.807, 2.05) is 37.3 Å². The fraction of sp³-hybridized carbons (Fsp3) is 0.115. The number of halogens is 1. The SMILES string of the molecule is COc1cc(/C=C2\C(=O)NC(=O)N(c3cccc(C)c3)C2=O)ccc1OCc1ccc(Br)cc1. The fourth-order valence-corrected chi connectivity index (χ4v) is 3.72. The lowest BCUT2D eigenvalue weighted by Gasteiger charge is -2.26. The summed E-state index contributed by atoms with van der Waals surface area (Å²) in [5.41, 5.74) is 2.64. The van der Waals surface area contributed by atoms with Gasteiger partial charge in [-0.1, -0.05) is 46.3 Å². The summed E-state index contributed by atoms with van der Waals surface area (Å²) < 4.78 is 12.3. The van der Waals surface area contributed by atoms with Gasteiger partial charge in [-0.25, -0.2) is 9.69 Å². The molecule has 0 atom stereocenters. The maximum Gasteiger partial charge on any atom is 0.335 e. The number of hydrogen-bond donors (Lipinski definition) is 1. The number of benzene rings is 3. The Kier molecular flexibility index (Phi) is 6.79. The number of ether oxygens (including phenoxy) is 2. The number of barbiturate groups is 1. The zero-order valence-electron chi connectivity index (χ0n) is 18.5. The zero-order valence-corrected chi connectivity index (χ0v) is 20.1. The minimum atomic E-state index is -0.785. The van der Waals surface area contributed by atoms with E-state index in [1.54, 1.807) is 36.4 Å². The third kappa shape index (κ3) is 5.02. The standard InChI is InChI=1S/C26H21BrN2O5/c1-16-4-3-5-20(12-16)29-25(31)21(24(30)28-26(29)32)13-18-8-11-22(23(14-18)33-2)34-15-17-6-9-19(27)10-7-17/h3-14H,15H2,1-2H3,(H,28,30,32)/b21-13+. The van der Waals surface area contributed by atoms with Crippen molar-refractivity contribution < 1.29 is 23.9 Å². The molecule has 0 aromatic heterocycles. The van der Waals surface area contributed by atoms with E-state index < -0.39 is 17.8 Å². The number of amides is 4. The van der Waals surface area contributed by atoms with Crippen LogP contribution in [0.3, 0.4) is 0 Å². The number of rotatable bonds is 6. The van der Waals surface area contributed by atoms with E-state index in [1.165, 1.54) is 13.2 Å². The van der Waals surface area contributed by atoms with Crippen LogP contribution in [0.2, 0.25) is 0 Å². The van der Waals surface area contributed by atoms with Crippen LogP contribution in [0.15, 0.2) is 76.8 Å². The smallest absolute Gasteiger partial charge is 0.335 e. The van der Waals surface area contributed by atoms with Gasteiger partial charge in [0.1, 0.15) is 12.2 Å². The van der Waals surface area contributed by atoms with Gasteiger partial charge in [0, 0.05) is 4.47 Å². The lowest BCUT2D eigenvalue weighted by atomic mass is 10.1. The fourth-order valence-electron chi connectivity index (χ4n) is 3.46. The molecule has 0 spiro atoms. The van der Waals surface area contributed by atoms with Gasteiger partial charge in [0.2, 0.25) is 0 Å². The average molecular weight is 521 g/mol. The number of carbonyl (C=O) groups excluding carboxylic acids is 3. The number of nitrogens with zero attached hydrogens (tertiary/aromatic N) is 1. The van der Waals surface area contributed by atoms with Gasteiger partial charge in [0.15, 0.2) is 11.5 Å². The predicted molar refractivity (Wildman–Crippen MR) is 132 cm³/mol. The second-order valence-corrected chi connectivity index (χ2v) is 8.54. The molecule has 3 aromatic rings. The molecule has 1 aliphatic heterocycles. The van der Waals surface area contributed by atoms with Crippen molar-refractivity contribution in [3.8, 4) is 11.5 Å². The first-order chi connectivity index (χ1) is 16.4. The highest BCUT2D eigenvalue weighted by Crippen LogP contribution is 2.30. The van der Waals surface area contributed by atoms with Crippen molar-refractivity contribution in [2.75, 3.05) is 12.0 Å². The Balaban J connectivity index is 1.59. The summed E-state index contributed by atoms with van der Waals surface area (Å²) in [5.74, 6) is -0.493. The first-order valence-corrected chi connectivity index (χ1v) is 11.2. The van der Waals surface area contributed by atoms with Gasteiger partial charge in [-0.2, -0.15) is 0 Å². The van der Waals surface area contributed by atoms with Crippen molar-refractivity contribution in [2.45, 2.75) is 13.5 Å². The van der Waals surface area contributed by atoms with E-state index >= 15 is 0 Å². The summed E-state index contributed by atoms with van der Waals surface area (Å²) in [6.45, 7) is 2.20. The third-order valence-corrected chi connectivity index (χ3v) is 5.70. The highest BCUT2D eigenvalue weighted by atomic mass is 79.9. The molecule has 4 rings (SSSR count). The summed E-state index contributed by atoms with van der Waals surface area (Å²) in [4.78, 5) is 38.9. The number of imide groups is 2. The summed E-state index contributed by atoms with van der Waals surface area (Å²) in [6.07, 6.45) is 1.42. The molecule has 3 aromatic carbocycles. The summed E-state index contributed by atoms with van der Waals surface area (Å²) in [7, 11) is 1.51. The second kappa shape index (κ2) is 9.93. The maximum atomic E-state index is 13.1. The number of hydrogen-bond acceptors (Lipinski definition) is 5. The second-order valence-electron chi connectivity index (χ2n) is 7.62. The molecule has 0 radical (unpaired) electrons. The molecule has 172 valence electrons. The van der Waals surface area contributed by atoms with E-state index in [9.17, 15) is 14.4 Å². The van der Waals surface area contributed by atoms with Gasteiger partial charge in [-0.15, -0.1) is 0 Å². The summed E-state index contributed by atoms with van der Waals surface area (Å²) >= 11 is 3.40. The Morgan fingerprint density at radius 3 is 2.44 bits per heavy atom.